The Morgan fingerprint density at radius 3 is 0.851 bits per heavy atom. The topological polar surface area (TPSA) is 78.9 Å². The molecule has 0 aliphatic rings. The molecule has 6 heteroatoms. The number of carbonyl (C=O) groups is 3. The van der Waals surface area contributed by atoms with Crippen molar-refractivity contribution in [3.05, 3.63) is 72.9 Å². The van der Waals surface area contributed by atoms with Crippen LogP contribution in [0.15, 0.2) is 72.9 Å². The normalized spacial score (nSPS) is 12.5. The van der Waals surface area contributed by atoms with Gasteiger partial charge in [0.15, 0.2) is 6.10 Å². The molecule has 0 aromatic heterocycles. The highest BCUT2D eigenvalue weighted by Gasteiger charge is 2.19. The summed E-state index contributed by atoms with van der Waals surface area (Å²) in [6, 6.07) is 0. The maximum atomic E-state index is 12.9. The molecule has 0 saturated carbocycles. The smallest absolute Gasteiger partial charge is 0.306 e. The summed E-state index contributed by atoms with van der Waals surface area (Å²) in [7, 11) is 0. The first-order valence-electron chi connectivity index (χ1n) is 31.9. The maximum absolute atomic E-state index is 12.9. The Morgan fingerprint density at radius 2 is 0.527 bits per heavy atom. The van der Waals surface area contributed by atoms with Gasteiger partial charge in [-0.15, -0.1) is 0 Å². The minimum atomic E-state index is -0.794. The molecule has 6 nitrogen and oxygen atoms in total. The van der Waals surface area contributed by atoms with Crippen LogP contribution in [0.5, 0.6) is 0 Å². The molecule has 0 radical (unpaired) electrons. The molecule has 0 heterocycles. The van der Waals surface area contributed by atoms with Crippen molar-refractivity contribution in [2.45, 2.75) is 329 Å². The molecule has 74 heavy (non-hydrogen) atoms. The van der Waals surface area contributed by atoms with Crippen LogP contribution >= 0.6 is 0 Å². The van der Waals surface area contributed by atoms with E-state index in [1.165, 1.54) is 186 Å². The maximum Gasteiger partial charge on any atom is 0.306 e. The molecule has 1 unspecified atom stereocenters. The highest BCUT2D eigenvalue weighted by Crippen LogP contribution is 2.17. The number of allylic oxidation sites excluding steroid dienone is 12. The number of esters is 3. The fourth-order valence-corrected chi connectivity index (χ4v) is 9.17. The van der Waals surface area contributed by atoms with E-state index in [0.29, 0.717) is 19.3 Å². The van der Waals surface area contributed by atoms with Gasteiger partial charge >= 0.3 is 17.9 Å². The Balaban J connectivity index is 4.41. The van der Waals surface area contributed by atoms with E-state index in [2.05, 4.69) is 93.7 Å². The molecular weight excluding hydrogens is 913 g/mol. The zero-order valence-electron chi connectivity index (χ0n) is 49.1. The zero-order chi connectivity index (χ0) is 53.6. The van der Waals surface area contributed by atoms with Crippen LogP contribution in [0.25, 0.3) is 0 Å². The van der Waals surface area contributed by atoms with Crippen LogP contribution in [-0.2, 0) is 28.6 Å². The quantitative estimate of drug-likeness (QED) is 0.0261. The Kier molecular flexibility index (Phi) is 59.7. The summed E-state index contributed by atoms with van der Waals surface area (Å²) in [5.74, 6) is -0.908. The van der Waals surface area contributed by atoms with Gasteiger partial charge in [-0.2, -0.15) is 0 Å². The SMILES string of the molecule is CC/C=C\C/C=C\C/C=C\C/C=C\C/C=C\CCCCCC(=O)OC(COC(=O)CCCCCCCCC/C=C\CCCCCCCC)COC(=O)CCCCCCCCCCCCCCCCCCCCCC. The van der Waals surface area contributed by atoms with Gasteiger partial charge in [-0.05, 0) is 89.9 Å². The Morgan fingerprint density at radius 1 is 0.284 bits per heavy atom. The van der Waals surface area contributed by atoms with Crippen LogP contribution in [0, 0.1) is 0 Å². The van der Waals surface area contributed by atoms with Crippen molar-refractivity contribution < 1.29 is 28.6 Å². The standard InChI is InChI=1S/C68H120O6/c1-4-7-10-13-16-19-22-25-28-31-33-35-37-40-43-46-49-52-55-58-61-67(70)73-64-65(63-72-66(69)60-57-54-51-48-45-42-39-36-30-27-24-21-18-15-12-9-6-3)74-68(71)62-59-56-53-50-47-44-41-38-34-32-29-26-23-20-17-14-11-8-5-2/h8,11,17,20,26-27,29-30,34,38,44,47,65H,4-7,9-10,12-16,18-19,21-25,28,31-33,35-37,39-43,45-46,48-64H2,1-3H3/b11-8-,20-17-,29-26-,30-27-,38-34-,47-44-. The fraction of sp³-hybridized carbons (Fsp3) is 0.779. The Bertz CT molecular complexity index is 1370. The fourth-order valence-electron chi connectivity index (χ4n) is 9.17. The summed E-state index contributed by atoms with van der Waals surface area (Å²) >= 11 is 0. The summed E-state index contributed by atoms with van der Waals surface area (Å²) < 4.78 is 16.9. The van der Waals surface area contributed by atoms with E-state index in [1.54, 1.807) is 0 Å². The number of rotatable bonds is 58. The minimum Gasteiger partial charge on any atom is -0.462 e. The summed E-state index contributed by atoms with van der Waals surface area (Å²) in [6.45, 7) is 6.54. The number of unbranched alkanes of at least 4 members (excludes halogenated alkanes) is 35. The van der Waals surface area contributed by atoms with Gasteiger partial charge in [-0.1, -0.05) is 286 Å². The molecule has 428 valence electrons. The van der Waals surface area contributed by atoms with Gasteiger partial charge in [0, 0.05) is 19.3 Å². The lowest BCUT2D eigenvalue weighted by Gasteiger charge is -2.18. The number of hydrogen-bond acceptors (Lipinski definition) is 6. The van der Waals surface area contributed by atoms with Crippen molar-refractivity contribution >= 4 is 17.9 Å². The van der Waals surface area contributed by atoms with Gasteiger partial charge in [-0.3, -0.25) is 14.4 Å². The van der Waals surface area contributed by atoms with E-state index in [-0.39, 0.29) is 31.1 Å². The van der Waals surface area contributed by atoms with Crippen LogP contribution in [0.3, 0.4) is 0 Å². The van der Waals surface area contributed by atoms with Gasteiger partial charge < -0.3 is 14.2 Å². The second kappa shape index (κ2) is 62.4. The van der Waals surface area contributed by atoms with Gasteiger partial charge in [0.2, 0.25) is 0 Å². The highest BCUT2D eigenvalue weighted by atomic mass is 16.6. The van der Waals surface area contributed by atoms with Crippen molar-refractivity contribution in [3.63, 3.8) is 0 Å². The first-order chi connectivity index (χ1) is 36.5. The lowest BCUT2D eigenvalue weighted by Crippen LogP contribution is -2.30. The molecule has 0 saturated heterocycles. The van der Waals surface area contributed by atoms with Crippen LogP contribution < -0.4 is 0 Å². The zero-order valence-corrected chi connectivity index (χ0v) is 49.1. The number of carbonyl (C=O) groups excluding carboxylic acids is 3. The van der Waals surface area contributed by atoms with E-state index < -0.39 is 6.10 Å². The highest BCUT2D eigenvalue weighted by molar-refractivity contribution is 5.71. The van der Waals surface area contributed by atoms with Crippen molar-refractivity contribution in [2.75, 3.05) is 13.2 Å². The van der Waals surface area contributed by atoms with Crippen LogP contribution in [-0.4, -0.2) is 37.2 Å². The average Bonchev–Trinajstić information content (AvgIpc) is 3.40. The van der Waals surface area contributed by atoms with Crippen LogP contribution in [0.4, 0.5) is 0 Å². The summed E-state index contributed by atoms with van der Waals surface area (Å²) in [6.07, 6.45) is 80.5. The molecule has 0 bridgehead atoms. The Labute approximate surface area is 459 Å². The van der Waals surface area contributed by atoms with E-state index in [1.807, 2.05) is 0 Å². The van der Waals surface area contributed by atoms with E-state index in [4.69, 9.17) is 14.2 Å². The largest absolute Gasteiger partial charge is 0.462 e. The average molecular weight is 1030 g/mol. The molecule has 0 aliphatic carbocycles. The van der Waals surface area contributed by atoms with E-state index >= 15 is 0 Å². The van der Waals surface area contributed by atoms with E-state index in [0.717, 1.165) is 96.3 Å². The Hall–Kier alpha value is -3.15. The molecule has 0 N–H and O–H groups in total. The third-order valence-electron chi connectivity index (χ3n) is 13.9. The van der Waals surface area contributed by atoms with Crippen LogP contribution in [0.2, 0.25) is 0 Å². The van der Waals surface area contributed by atoms with Gasteiger partial charge in [0.1, 0.15) is 13.2 Å². The number of ether oxygens (including phenoxy) is 3. The first kappa shape index (κ1) is 70.8. The molecule has 1 atom stereocenters. The van der Waals surface area contributed by atoms with Gasteiger partial charge in [-0.25, -0.2) is 0 Å². The molecule has 0 spiro atoms. The van der Waals surface area contributed by atoms with Crippen molar-refractivity contribution in [2.24, 2.45) is 0 Å². The predicted molar refractivity (Wildman–Crippen MR) is 321 cm³/mol. The molecule has 0 rings (SSSR count). The third kappa shape index (κ3) is 59.7. The van der Waals surface area contributed by atoms with Gasteiger partial charge in [0.05, 0.1) is 0 Å². The van der Waals surface area contributed by atoms with Crippen molar-refractivity contribution in [1.82, 2.24) is 0 Å². The molecule has 0 amide bonds. The van der Waals surface area contributed by atoms with Gasteiger partial charge in [0.25, 0.3) is 0 Å². The number of hydrogen-bond donors (Lipinski definition) is 0. The second-order valence-electron chi connectivity index (χ2n) is 21.3. The first-order valence-corrected chi connectivity index (χ1v) is 31.9. The lowest BCUT2D eigenvalue weighted by atomic mass is 10.0. The lowest BCUT2D eigenvalue weighted by molar-refractivity contribution is -0.167. The van der Waals surface area contributed by atoms with Crippen LogP contribution in [0.1, 0.15) is 323 Å². The molecular formula is C68H120O6. The third-order valence-corrected chi connectivity index (χ3v) is 13.9. The molecule has 0 aromatic rings. The summed E-state index contributed by atoms with van der Waals surface area (Å²) in [5, 5.41) is 0. The minimum absolute atomic E-state index is 0.0873. The molecule has 0 aromatic carbocycles. The monoisotopic (exact) mass is 1030 g/mol. The van der Waals surface area contributed by atoms with Crippen molar-refractivity contribution in [3.8, 4) is 0 Å². The van der Waals surface area contributed by atoms with E-state index in [9.17, 15) is 14.4 Å². The van der Waals surface area contributed by atoms with Crippen molar-refractivity contribution in [1.29, 1.82) is 0 Å². The molecule has 0 fully saturated rings. The second-order valence-corrected chi connectivity index (χ2v) is 21.3. The summed E-state index contributed by atoms with van der Waals surface area (Å²) in [4.78, 5) is 38.3. The predicted octanol–water partition coefficient (Wildman–Crippen LogP) is 21.7. The molecule has 0 aliphatic heterocycles. The summed E-state index contributed by atoms with van der Waals surface area (Å²) in [5.41, 5.74) is 0.